The molecule has 1 N–H and O–H groups in total. The highest BCUT2D eigenvalue weighted by Crippen LogP contribution is 2.30. The number of thioether (sulfide) groups is 1. The van der Waals surface area contributed by atoms with Gasteiger partial charge in [0.15, 0.2) is 5.17 Å². The molecule has 1 aliphatic heterocycles. The highest BCUT2D eigenvalue weighted by molar-refractivity contribution is 8.14. The molecule has 1 atom stereocenters. The minimum absolute atomic E-state index is 0.651. The van der Waals surface area contributed by atoms with Crippen molar-refractivity contribution in [3.8, 4) is 11.5 Å². The summed E-state index contributed by atoms with van der Waals surface area (Å²) in [6.07, 6.45) is 0. The maximum Gasteiger partial charge on any atom is 0.161 e. The molecular weight excluding hydrogens is 248 g/mol. The Kier molecular flexibility index (Phi) is 4.36. The third kappa shape index (κ3) is 3.10. The molecule has 0 radical (unpaired) electrons. The molecule has 1 heterocycles. The largest absolute Gasteiger partial charge is 0.497 e. The van der Waals surface area contributed by atoms with Gasteiger partial charge in [-0.15, -0.1) is 0 Å². The normalized spacial score (nSPS) is 19.1. The Morgan fingerprint density at radius 3 is 2.78 bits per heavy atom. The SMILES string of the molecule is COc1ccc(NC2=NCC(C)CS2)c(OC)c1. The fourth-order valence-corrected chi connectivity index (χ4v) is 2.55. The van der Waals surface area contributed by atoms with Crippen LogP contribution in [0.5, 0.6) is 11.5 Å². The van der Waals surface area contributed by atoms with Crippen molar-refractivity contribution >= 4 is 22.6 Å². The van der Waals surface area contributed by atoms with Gasteiger partial charge in [0.05, 0.1) is 19.9 Å². The standard InChI is InChI=1S/C13H18N2O2S/c1-9-7-14-13(18-8-9)15-11-5-4-10(16-2)6-12(11)17-3/h4-6,9H,7-8H2,1-3H3,(H,14,15). The first-order chi connectivity index (χ1) is 8.72. The molecule has 2 rings (SSSR count). The molecule has 1 aliphatic rings. The first-order valence-corrected chi connectivity index (χ1v) is 6.87. The molecule has 0 aromatic heterocycles. The summed E-state index contributed by atoms with van der Waals surface area (Å²) in [5.74, 6) is 3.29. The molecule has 0 spiro atoms. The van der Waals surface area contributed by atoms with Gasteiger partial charge in [-0.3, -0.25) is 4.99 Å². The van der Waals surface area contributed by atoms with E-state index in [1.807, 2.05) is 18.2 Å². The van der Waals surface area contributed by atoms with E-state index in [2.05, 4.69) is 17.2 Å². The molecular formula is C13H18N2O2S. The number of aliphatic imine (C=N–C) groups is 1. The van der Waals surface area contributed by atoms with Gasteiger partial charge >= 0.3 is 0 Å². The van der Waals surface area contributed by atoms with Crippen LogP contribution >= 0.6 is 11.8 Å². The van der Waals surface area contributed by atoms with Crippen LogP contribution in [0, 0.1) is 5.92 Å². The average molecular weight is 266 g/mol. The van der Waals surface area contributed by atoms with Crippen molar-refractivity contribution < 1.29 is 9.47 Å². The molecule has 0 aliphatic carbocycles. The number of ether oxygens (including phenoxy) is 2. The van der Waals surface area contributed by atoms with E-state index >= 15 is 0 Å². The van der Waals surface area contributed by atoms with Crippen molar-refractivity contribution in [2.75, 3.05) is 31.8 Å². The van der Waals surface area contributed by atoms with Crippen LogP contribution in [-0.2, 0) is 0 Å². The minimum Gasteiger partial charge on any atom is -0.497 e. The van der Waals surface area contributed by atoms with E-state index in [9.17, 15) is 0 Å². The number of nitrogens with zero attached hydrogens (tertiary/aromatic N) is 1. The minimum atomic E-state index is 0.651. The Hall–Kier alpha value is -1.36. The topological polar surface area (TPSA) is 42.8 Å². The number of hydrogen-bond donors (Lipinski definition) is 1. The number of methoxy groups -OCH3 is 2. The molecule has 0 saturated heterocycles. The van der Waals surface area contributed by atoms with Crippen LogP contribution in [0.15, 0.2) is 23.2 Å². The lowest BCUT2D eigenvalue weighted by atomic mass is 10.2. The third-order valence-electron chi connectivity index (χ3n) is 2.70. The summed E-state index contributed by atoms with van der Waals surface area (Å²) in [5.41, 5.74) is 0.916. The van der Waals surface area contributed by atoms with Gasteiger partial charge in [0.2, 0.25) is 0 Å². The van der Waals surface area contributed by atoms with Crippen LogP contribution in [0.4, 0.5) is 5.69 Å². The summed E-state index contributed by atoms with van der Waals surface area (Å²) in [5, 5.41) is 4.26. The van der Waals surface area contributed by atoms with Crippen molar-refractivity contribution in [2.45, 2.75) is 6.92 Å². The zero-order valence-corrected chi connectivity index (χ0v) is 11.7. The molecule has 4 nitrogen and oxygen atoms in total. The van der Waals surface area contributed by atoms with Gasteiger partial charge in [0.1, 0.15) is 11.5 Å². The Bertz CT molecular complexity index is 449. The van der Waals surface area contributed by atoms with Gasteiger partial charge in [-0.25, -0.2) is 0 Å². The number of hydrogen-bond acceptors (Lipinski definition) is 5. The molecule has 98 valence electrons. The van der Waals surface area contributed by atoms with Gasteiger partial charge < -0.3 is 14.8 Å². The third-order valence-corrected chi connectivity index (χ3v) is 3.94. The second-order valence-corrected chi connectivity index (χ2v) is 5.26. The van der Waals surface area contributed by atoms with E-state index in [1.54, 1.807) is 26.0 Å². The summed E-state index contributed by atoms with van der Waals surface area (Å²) >= 11 is 1.75. The number of rotatable bonds is 3. The summed E-state index contributed by atoms with van der Waals surface area (Å²) in [7, 11) is 3.29. The van der Waals surface area contributed by atoms with Gasteiger partial charge in [-0.1, -0.05) is 18.7 Å². The Morgan fingerprint density at radius 1 is 1.33 bits per heavy atom. The van der Waals surface area contributed by atoms with Crippen LogP contribution in [0.1, 0.15) is 6.92 Å². The second-order valence-electron chi connectivity index (χ2n) is 4.25. The zero-order chi connectivity index (χ0) is 13.0. The van der Waals surface area contributed by atoms with Gasteiger partial charge in [0, 0.05) is 18.4 Å². The molecule has 1 aromatic rings. The van der Waals surface area contributed by atoms with E-state index in [1.165, 1.54) is 0 Å². The van der Waals surface area contributed by atoms with E-state index in [0.29, 0.717) is 5.92 Å². The van der Waals surface area contributed by atoms with Crippen molar-refractivity contribution in [3.63, 3.8) is 0 Å². The summed E-state index contributed by atoms with van der Waals surface area (Å²) in [4.78, 5) is 4.51. The lowest BCUT2D eigenvalue weighted by Crippen LogP contribution is -2.19. The number of anilines is 1. The Balaban J connectivity index is 2.13. The van der Waals surface area contributed by atoms with E-state index in [4.69, 9.17) is 9.47 Å². The Labute approximate surface area is 112 Å². The highest BCUT2D eigenvalue weighted by Gasteiger charge is 2.14. The maximum atomic E-state index is 5.34. The molecule has 0 amide bonds. The molecule has 0 bridgehead atoms. The van der Waals surface area contributed by atoms with Crippen molar-refractivity contribution in [1.82, 2.24) is 0 Å². The first-order valence-electron chi connectivity index (χ1n) is 5.89. The molecule has 1 aromatic carbocycles. The van der Waals surface area contributed by atoms with Gasteiger partial charge in [0.25, 0.3) is 0 Å². The van der Waals surface area contributed by atoms with Gasteiger partial charge in [-0.2, -0.15) is 0 Å². The monoisotopic (exact) mass is 266 g/mol. The van der Waals surface area contributed by atoms with Crippen LogP contribution in [0.25, 0.3) is 0 Å². The lowest BCUT2D eigenvalue weighted by molar-refractivity contribution is 0.395. The number of benzene rings is 1. The molecule has 1 unspecified atom stereocenters. The Morgan fingerprint density at radius 2 is 2.17 bits per heavy atom. The van der Waals surface area contributed by atoms with Crippen molar-refractivity contribution in [3.05, 3.63) is 18.2 Å². The summed E-state index contributed by atoms with van der Waals surface area (Å²) < 4.78 is 10.5. The molecule has 5 heteroatoms. The molecule has 18 heavy (non-hydrogen) atoms. The van der Waals surface area contributed by atoms with E-state index < -0.39 is 0 Å². The maximum absolute atomic E-state index is 5.34. The molecule has 0 saturated carbocycles. The van der Waals surface area contributed by atoms with Crippen molar-refractivity contribution in [2.24, 2.45) is 10.9 Å². The van der Waals surface area contributed by atoms with Crippen LogP contribution in [0.3, 0.4) is 0 Å². The number of nitrogens with one attached hydrogen (secondary N) is 1. The van der Waals surface area contributed by atoms with Gasteiger partial charge in [-0.05, 0) is 18.1 Å². The second kappa shape index (κ2) is 6.00. The first kappa shape index (κ1) is 13.1. The average Bonchev–Trinajstić information content (AvgIpc) is 2.41. The molecule has 0 fully saturated rings. The predicted molar refractivity (Wildman–Crippen MR) is 77.1 cm³/mol. The highest BCUT2D eigenvalue weighted by atomic mass is 32.2. The predicted octanol–water partition coefficient (Wildman–Crippen LogP) is 2.85. The van der Waals surface area contributed by atoms with E-state index in [0.717, 1.165) is 34.7 Å². The quantitative estimate of drug-likeness (QED) is 0.913. The lowest BCUT2D eigenvalue weighted by Gasteiger charge is -2.19. The summed E-state index contributed by atoms with van der Waals surface area (Å²) in [6, 6.07) is 5.71. The van der Waals surface area contributed by atoms with Crippen molar-refractivity contribution in [1.29, 1.82) is 0 Å². The van der Waals surface area contributed by atoms with Crippen LogP contribution in [0.2, 0.25) is 0 Å². The zero-order valence-electron chi connectivity index (χ0n) is 10.9. The summed E-state index contributed by atoms with van der Waals surface area (Å²) in [6.45, 7) is 3.09. The fourth-order valence-electron chi connectivity index (χ4n) is 1.65. The van der Waals surface area contributed by atoms with Crippen LogP contribution in [-0.4, -0.2) is 31.7 Å². The number of amidine groups is 1. The van der Waals surface area contributed by atoms with Crippen LogP contribution < -0.4 is 14.8 Å². The smallest absolute Gasteiger partial charge is 0.161 e. The fraction of sp³-hybridized carbons (Fsp3) is 0.462. The van der Waals surface area contributed by atoms with E-state index in [-0.39, 0.29) is 0 Å².